The predicted molar refractivity (Wildman–Crippen MR) is 154 cm³/mol. The van der Waals surface area contributed by atoms with Crippen LogP contribution in [0.2, 0.25) is 10.0 Å². The molecule has 4 rings (SSSR count). The van der Waals surface area contributed by atoms with Crippen LogP contribution in [0.1, 0.15) is 16.7 Å². The van der Waals surface area contributed by atoms with Crippen molar-refractivity contribution in [2.45, 2.75) is 13.2 Å². The van der Waals surface area contributed by atoms with E-state index in [2.05, 4.69) is 21.2 Å². The molecule has 4 aromatic carbocycles. The highest BCUT2D eigenvalue weighted by Crippen LogP contribution is 2.28. The van der Waals surface area contributed by atoms with Gasteiger partial charge in [0.2, 0.25) is 0 Å². The highest BCUT2D eigenvalue weighted by atomic mass is 79.9. The summed E-state index contributed by atoms with van der Waals surface area (Å²) in [6.07, 6.45) is 1.48. The number of hydrogen-bond acceptors (Lipinski definition) is 4. The molecule has 0 heterocycles. The number of hydrogen-bond donors (Lipinski definition) is 1. The maximum atomic E-state index is 12.9. The molecule has 0 spiro atoms. The number of nitrogens with zero attached hydrogens (tertiary/aromatic N) is 1. The summed E-state index contributed by atoms with van der Waals surface area (Å²) in [4.78, 5) is 12.9. The summed E-state index contributed by atoms with van der Waals surface area (Å²) >= 11 is 15.7. The largest absolute Gasteiger partial charge is 0.489 e. The van der Waals surface area contributed by atoms with Gasteiger partial charge in [-0.2, -0.15) is 5.26 Å². The van der Waals surface area contributed by atoms with Crippen LogP contribution in [-0.2, 0) is 18.0 Å². The second kappa shape index (κ2) is 13.2. The molecule has 8 heteroatoms. The predicted octanol–water partition coefficient (Wildman–Crippen LogP) is 8.46. The number of nitriles is 1. The van der Waals surface area contributed by atoms with Crippen molar-refractivity contribution in [3.63, 3.8) is 0 Å². The van der Waals surface area contributed by atoms with Crippen molar-refractivity contribution in [2.24, 2.45) is 0 Å². The van der Waals surface area contributed by atoms with E-state index in [1.165, 1.54) is 6.08 Å². The third-order valence-electron chi connectivity index (χ3n) is 5.40. The van der Waals surface area contributed by atoms with Gasteiger partial charge in [-0.05, 0) is 66.2 Å². The molecule has 0 saturated heterocycles. The van der Waals surface area contributed by atoms with E-state index in [0.29, 0.717) is 39.4 Å². The smallest absolute Gasteiger partial charge is 0.266 e. The number of amides is 1. The molecule has 1 N–H and O–H groups in total. The van der Waals surface area contributed by atoms with Crippen LogP contribution >= 0.6 is 39.1 Å². The molecule has 5 nitrogen and oxygen atoms in total. The lowest BCUT2D eigenvalue weighted by atomic mass is 10.1. The first kappa shape index (κ1) is 27.3. The molecule has 0 saturated carbocycles. The minimum atomic E-state index is -0.544. The van der Waals surface area contributed by atoms with E-state index in [4.69, 9.17) is 32.7 Å². The molecule has 0 aliphatic rings. The van der Waals surface area contributed by atoms with Gasteiger partial charge in [-0.3, -0.25) is 4.79 Å². The summed E-state index contributed by atoms with van der Waals surface area (Å²) in [5.41, 5.74) is 2.82. The molecule has 0 fully saturated rings. The average Bonchev–Trinajstić information content (AvgIpc) is 2.92. The quantitative estimate of drug-likeness (QED) is 0.153. The topological polar surface area (TPSA) is 71.3 Å². The molecule has 0 atom stereocenters. The minimum absolute atomic E-state index is 0.0816. The number of benzene rings is 4. The fourth-order valence-electron chi connectivity index (χ4n) is 3.44. The zero-order chi connectivity index (χ0) is 26.9. The Bertz CT molecular complexity index is 1500. The maximum absolute atomic E-state index is 12.9. The Morgan fingerprint density at radius 2 is 1.68 bits per heavy atom. The van der Waals surface area contributed by atoms with Gasteiger partial charge in [0.25, 0.3) is 5.91 Å². The lowest BCUT2D eigenvalue weighted by Gasteiger charge is -2.12. The Labute approximate surface area is 239 Å². The highest BCUT2D eigenvalue weighted by Gasteiger charge is 2.13. The van der Waals surface area contributed by atoms with Gasteiger partial charge >= 0.3 is 0 Å². The number of halogens is 3. The molecule has 0 radical (unpaired) electrons. The first-order valence-corrected chi connectivity index (χ1v) is 13.0. The Morgan fingerprint density at radius 3 is 2.39 bits per heavy atom. The first-order chi connectivity index (χ1) is 18.4. The molecule has 0 aliphatic carbocycles. The van der Waals surface area contributed by atoms with Crippen LogP contribution in [0.25, 0.3) is 6.08 Å². The number of anilines is 1. The molecule has 0 aliphatic heterocycles. The van der Waals surface area contributed by atoms with Crippen molar-refractivity contribution in [1.29, 1.82) is 5.26 Å². The molecule has 190 valence electrons. The van der Waals surface area contributed by atoms with Crippen LogP contribution in [0.15, 0.2) is 101 Å². The highest BCUT2D eigenvalue weighted by molar-refractivity contribution is 9.10. The van der Waals surface area contributed by atoms with E-state index in [9.17, 15) is 10.1 Å². The van der Waals surface area contributed by atoms with Gasteiger partial charge in [-0.15, -0.1) is 0 Å². The van der Waals surface area contributed by atoms with Gasteiger partial charge in [-0.25, -0.2) is 0 Å². The summed E-state index contributed by atoms with van der Waals surface area (Å²) in [6, 6.07) is 29.2. The molecule has 38 heavy (non-hydrogen) atoms. The van der Waals surface area contributed by atoms with Crippen molar-refractivity contribution in [2.75, 3.05) is 5.32 Å². The number of carbonyl (C=O) groups is 1. The standard InChI is InChI=1S/C30H21BrCl2N2O3/c31-24-7-13-29(38-19-21-6-8-25(32)16-28(21)33)22(15-24)14-23(17-34)30(36)35-26-9-11-27(12-10-26)37-18-20-4-2-1-3-5-20/h1-16H,18-19H2,(H,35,36)/b23-14+. The van der Waals surface area contributed by atoms with E-state index in [0.717, 1.165) is 15.6 Å². The van der Waals surface area contributed by atoms with Crippen LogP contribution in [0.3, 0.4) is 0 Å². The summed E-state index contributed by atoms with van der Waals surface area (Å²) in [5.74, 6) is 0.608. The molecule has 1 amide bonds. The van der Waals surface area contributed by atoms with Gasteiger partial charge < -0.3 is 14.8 Å². The number of carbonyl (C=O) groups excluding carboxylic acids is 1. The summed E-state index contributed by atoms with van der Waals surface area (Å²) in [6.45, 7) is 0.625. The molecule has 4 aromatic rings. The van der Waals surface area contributed by atoms with E-state index in [-0.39, 0.29) is 12.2 Å². The first-order valence-electron chi connectivity index (χ1n) is 11.5. The summed E-state index contributed by atoms with van der Waals surface area (Å²) < 4.78 is 12.5. The Balaban J connectivity index is 1.44. The lowest BCUT2D eigenvalue weighted by Crippen LogP contribution is -2.13. The summed E-state index contributed by atoms with van der Waals surface area (Å²) in [5, 5.41) is 13.5. The second-order valence-corrected chi connectivity index (χ2v) is 9.89. The van der Waals surface area contributed by atoms with E-state index in [1.54, 1.807) is 54.6 Å². The third kappa shape index (κ3) is 7.62. The molecular formula is C30H21BrCl2N2O3. The van der Waals surface area contributed by atoms with Crippen LogP contribution in [0.5, 0.6) is 11.5 Å². The van der Waals surface area contributed by atoms with Crippen LogP contribution in [0, 0.1) is 11.3 Å². The van der Waals surface area contributed by atoms with E-state index >= 15 is 0 Å². The van der Waals surface area contributed by atoms with Gasteiger partial charge in [0.05, 0.1) is 0 Å². The van der Waals surface area contributed by atoms with Crippen molar-refractivity contribution < 1.29 is 14.3 Å². The van der Waals surface area contributed by atoms with Gasteiger partial charge in [0.1, 0.15) is 36.4 Å². The number of nitrogens with one attached hydrogen (secondary N) is 1. The Kier molecular flexibility index (Phi) is 9.45. The maximum Gasteiger partial charge on any atom is 0.266 e. The zero-order valence-corrected chi connectivity index (χ0v) is 23.1. The number of ether oxygens (including phenoxy) is 2. The third-order valence-corrected chi connectivity index (χ3v) is 6.48. The summed E-state index contributed by atoms with van der Waals surface area (Å²) in [7, 11) is 0. The second-order valence-electron chi connectivity index (χ2n) is 8.13. The van der Waals surface area contributed by atoms with E-state index in [1.807, 2.05) is 42.5 Å². The fraction of sp³-hybridized carbons (Fsp3) is 0.0667. The SMILES string of the molecule is N#C/C(=C\c1cc(Br)ccc1OCc1ccc(Cl)cc1Cl)C(=O)Nc1ccc(OCc2ccccc2)cc1. The zero-order valence-electron chi connectivity index (χ0n) is 20.0. The fourth-order valence-corrected chi connectivity index (χ4v) is 4.28. The van der Waals surface area contributed by atoms with Crippen molar-refractivity contribution in [3.8, 4) is 17.6 Å². The lowest BCUT2D eigenvalue weighted by molar-refractivity contribution is -0.112. The molecule has 0 bridgehead atoms. The minimum Gasteiger partial charge on any atom is -0.489 e. The van der Waals surface area contributed by atoms with Crippen LogP contribution in [-0.4, -0.2) is 5.91 Å². The van der Waals surface area contributed by atoms with Crippen molar-refractivity contribution >= 4 is 56.8 Å². The molecular weight excluding hydrogens is 587 g/mol. The Morgan fingerprint density at radius 1 is 0.921 bits per heavy atom. The van der Waals surface area contributed by atoms with Gasteiger partial charge in [0, 0.05) is 31.3 Å². The molecule has 0 unspecified atom stereocenters. The monoisotopic (exact) mass is 606 g/mol. The number of rotatable bonds is 9. The van der Waals surface area contributed by atoms with Crippen molar-refractivity contribution in [1.82, 2.24) is 0 Å². The van der Waals surface area contributed by atoms with Crippen LogP contribution < -0.4 is 14.8 Å². The van der Waals surface area contributed by atoms with Crippen LogP contribution in [0.4, 0.5) is 5.69 Å². The normalized spacial score (nSPS) is 10.9. The van der Waals surface area contributed by atoms with Crippen molar-refractivity contribution in [3.05, 3.63) is 128 Å². The van der Waals surface area contributed by atoms with E-state index < -0.39 is 5.91 Å². The average molecular weight is 608 g/mol. The van der Waals surface area contributed by atoms with Gasteiger partial charge in [-0.1, -0.05) is 75.5 Å². The Hall–Kier alpha value is -3.76. The van der Waals surface area contributed by atoms with Gasteiger partial charge in [0.15, 0.2) is 0 Å². The molecule has 0 aromatic heterocycles.